The molecule has 0 radical (unpaired) electrons. The second-order valence-electron chi connectivity index (χ2n) is 3.97. The first-order valence-corrected chi connectivity index (χ1v) is 6.77. The molecular formula is C10H23N3OS. The van der Waals surface area contributed by atoms with Crippen LogP contribution in [-0.2, 0) is 4.74 Å². The van der Waals surface area contributed by atoms with Crippen molar-refractivity contribution in [2.24, 2.45) is 5.84 Å². The lowest BCUT2D eigenvalue weighted by Crippen LogP contribution is -2.56. The minimum Gasteiger partial charge on any atom is -0.380 e. The van der Waals surface area contributed by atoms with E-state index in [-0.39, 0.29) is 6.04 Å². The highest BCUT2D eigenvalue weighted by Gasteiger charge is 2.27. The van der Waals surface area contributed by atoms with Gasteiger partial charge < -0.3 is 9.64 Å². The minimum atomic E-state index is 0.245. The molecule has 1 aliphatic heterocycles. The number of ether oxygens (including phenoxy) is 1. The average Bonchev–Trinajstić information content (AvgIpc) is 2.26. The molecule has 1 saturated heterocycles. The lowest BCUT2D eigenvalue weighted by Gasteiger charge is -2.37. The highest BCUT2D eigenvalue weighted by molar-refractivity contribution is 7.99. The number of likely N-dealkylation sites (N-methyl/N-ethyl adjacent to an activating group) is 1. The molecule has 3 N–H and O–H groups in total. The summed E-state index contributed by atoms with van der Waals surface area (Å²) in [5, 5.41) is 0. The van der Waals surface area contributed by atoms with Gasteiger partial charge in [0.25, 0.3) is 0 Å². The van der Waals surface area contributed by atoms with Crippen LogP contribution >= 0.6 is 11.8 Å². The number of hydrazine groups is 1. The molecule has 2 atom stereocenters. The first-order valence-electron chi connectivity index (χ1n) is 5.61. The van der Waals surface area contributed by atoms with Gasteiger partial charge in [-0.15, -0.1) is 0 Å². The molecule has 4 nitrogen and oxygen atoms in total. The van der Waals surface area contributed by atoms with E-state index in [4.69, 9.17) is 10.6 Å². The Morgan fingerprint density at radius 2 is 2.47 bits per heavy atom. The van der Waals surface area contributed by atoms with Crippen molar-refractivity contribution in [1.29, 1.82) is 0 Å². The summed E-state index contributed by atoms with van der Waals surface area (Å²) >= 11 is 2.00. The number of rotatable bonds is 6. The van der Waals surface area contributed by atoms with Gasteiger partial charge in [0.2, 0.25) is 0 Å². The van der Waals surface area contributed by atoms with Crippen LogP contribution in [0.25, 0.3) is 0 Å². The zero-order chi connectivity index (χ0) is 11.1. The molecule has 0 spiro atoms. The average molecular weight is 233 g/mol. The fourth-order valence-corrected chi connectivity index (χ4v) is 3.07. The van der Waals surface area contributed by atoms with E-state index < -0.39 is 0 Å². The summed E-state index contributed by atoms with van der Waals surface area (Å²) in [7, 11) is 2.16. The summed E-state index contributed by atoms with van der Waals surface area (Å²) in [6.07, 6.45) is 1.06. The minimum absolute atomic E-state index is 0.245. The van der Waals surface area contributed by atoms with Crippen molar-refractivity contribution in [2.45, 2.75) is 25.4 Å². The fraction of sp³-hybridized carbons (Fsp3) is 1.00. The van der Waals surface area contributed by atoms with Gasteiger partial charge in [0.15, 0.2) is 0 Å². The predicted molar refractivity (Wildman–Crippen MR) is 66.0 cm³/mol. The van der Waals surface area contributed by atoms with Crippen LogP contribution in [-0.4, -0.2) is 55.3 Å². The number of nitrogens with zero attached hydrogens (tertiary/aromatic N) is 1. The van der Waals surface area contributed by atoms with E-state index in [0.717, 1.165) is 25.3 Å². The summed E-state index contributed by atoms with van der Waals surface area (Å²) in [5.74, 6) is 7.94. The maximum atomic E-state index is 5.58. The molecule has 0 bridgehead atoms. The zero-order valence-corrected chi connectivity index (χ0v) is 10.6. The topological polar surface area (TPSA) is 50.5 Å². The smallest absolute Gasteiger partial charge is 0.0648 e. The van der Waals surface area contributed by atoms with Crippen LogP contribution < -0.4 is 11.3 Å². The maximum absolute atomic E-state index is 5.58. The molecule has 5 heteroatoms. The molecule has 0 aromatic carbocycles. The third-order valence-electron chi connectivity index (χ3n) is 2.77. The van der Waals surface area contributed by atoms with Crippen molar-refractivity contribution in [1.82, 2.24) is 10.3 Å². The number of nitrogens with two attached hydrogens (primary N) is 1. The predicted octanol–water partition coefficient (Wildman–Crippen LogP) is 0.292. The van der Waals surface area contributed by atoms with E-state index in [1.165, 1.54) is 5.75 Å². The van der Waals surface area contributed by atoms with Crippen LogP contribution in [0.1, 0.15) is 13.3 Å². The Hall–Kier alpha value is 0.190. The van der Waals surface area contributed by atoms with Crippen LogP contribution in [0.4, 0.5) is 0 Å². The Balaban J connectivity index is 2.34. The van der Waals surface area contributed by atoms with Gasteiger partial charge in [0.05, 0.1) is 12.6 Å². The summed E-state index contributed by atoms with van der Waals surface area (Å²) in [6.45, 7) is 4.79. The Bertz CT molecular complexity index is 171. The molecule has 0 saturated carbocycles. The van der Waals surface area contributed by atoms with Crippen molar-refractivity contribution in [2.75, 3.05) is 38.3 Å². The third-order valence-corrected chi connectivity index (χ3v) is 3.82. The highest BCUT2D eigenvalue weighted by Crippen LogP contribution is 2.17. The standard InChI is InChI=1S/C10H23N3OS/c1-3-5-14-7-9(12-11)10-8-15-6-4-13(10)2/h9-10,12H,3-8,11H2,1-2H3. The van der Waals surface area contributed by atoms with Crippen LogP contribution in [0.3, 0.4) is 0 Å². The van der Waals surface area contributed by atoms with Gasteiger partial charge in [-0.05, 0) is 13.5 Å². The SMILES string of the molecule is CCCOCC(NN)C1CSCCN1C. The molecule has 1 aliphatic rings. The lowest BCUT2D eigenvalue weighted by atomic mass is 10.1. The van der Waals surface area contributed by atoms with Gasteiger partial charge in [-0.25, -0.2) is 0 Å². The van der Waals surface area contributed by atoms with Gasteiger partial charge >= 0.3 is 0 Å². The van der Waals surface area contributed by atoms with E-state index in [9.17, 15) is 0 Å². The van der Waals surface area contributed by atoms with Crippen LogP contribution in [0.15, 0.2) is 0 Å². The molecule has 0 aromatic rings. The van der Waals surface area contributed by atoms with E-state index in [1.54, 1.807) is 0 Å². The molecular weight excluding hydrogens is 210 g/mol. The van der Waals surface area contributed by atoms with E-state index in [1.807, 2.05) is 11.8 Å². The summed E-state index contributed by atoms with van der Waals surface area (Å²) in [5.41, 5.74) is 2.88. The zero-order valence-electron chi connectivity index (χ0n) is 9.74. The first-order chi connectivity index (χ1) is 7.29. The molecule has 1 rings (SSSR count). The Morgan fingerprint density at radius 1 is 1.67 bits per heavy atom. The van der Waals surface area contributed by atoms with Crippen LogP contribution in [0.2, 0.25) is 0 Å². The van der Waals surface area contributed by atoms with E-state index >= 15 is 0 Å². The van der Waals surface area contributed by atoms with Crippen molar-refractivity contribution < 1.29 is 4.74 Å². The second kappa shape index (κ2) is 7.46. The molecule has 90 valence electrons. The molecule has 0 aromatic heterocycles. The quantitative estimate of drug-likeness (QED) is 0.392. The molecule has 15 heavy (non-hydrogen) atoms. The molecule has 0 aliphatic carbocycles. The monoisotopic (exact) mass is 233 g/mol. The highest BCUT2D eigenvalue weighted by atomic mass is 32.2. The molecule has 2 unspecified atom stereocenters. The Labute approximate surface area is 96.9 Å². The Morgan fingerprint density at radius 3 is 3.07 bits per heavy atom. The van der Waals surface area contributed by atoms with Gasteiger partial charge in [-0.2, -0.15) is 11.8 Å². The van der Waals surface area contributed by atoms with E-state index in [0.29, 0.717) is 12.6 Å². The third kappa shape index (κ3) is 4.28. The van der Waals surface area contributed by atoms with Crippen LogP contribution in [0, 0.1) is 0 Å². The summed E-state index contributed by atoms with van der Waals surface area (Å²) in [6, 6.07) is 0.736. The number of hydrogen-bond donors (Lipinski definition) is 2. The lowest BCUT2D eigenvalue weighted by molar-refractivity contribution is 0.0809. The van der Waals surface area contributed by atoms with E-state index in [2.05, 4.69) is 24.3 Å². The summed E-state index contributed by atoms with van der Waals surface area (Å²) < 4.78 is 5.56. The second-order valence-corrected chi connectivity index (χ2v) is 5.12. The molecule has 1 heterocycles. The molecule has 1 fully saturated rings. The van der Waals surface area contributed by atoms with Gasteiger partial charge in [0.1, 0.15) is 0 Å². The van der Waals surface area contributed by atoms with Gasteiger partial charge in [0, 0.05) is 30.7 Å². The first kappa shape index (κ1) is 13.3. The van der Waals surface area contributed by atoms with Crippen LogP contribution in [0.5, 0.6) is 0 Å². The summed E-state index contributed by atoms with van der Waals surface area (Å²) in [4.78, 5) is 2.37. The van der Waals surface area contributed by atoms with Gasteiger partial charge in [-0.3, -0.25) is 11.3 Å². The number of nitrogens with one attached hydrogen (secondary N) is 1. The fourth-order valence-electron chi connectivity index (χ4n) is 1.75. The number of hydrogen-bond acceptors (Lipinski definition) is 5. The molecule has 0 amide bonds. The normalized spacial score (nSPS) is 25.4. The van der Waals surface area contributed by atoms with Crippen molar-refractivity contribution in [3.05, 3.63) is 0 Å². The Kier molecular flexibility index (Phi) is 6.59. The van der Waals surface area contributed by atoms with Crippen molar-refractivity contribution in [3.63, 3.8) is 0 Å². The largest absolute Gasteiger partial charge is 0.380 e. The van der Waals surface area contributed by atoms with Crippen molar-refractivity contribution >= 4 is 11.8 Å². The number of thioether (sulfide) groups is 1. The maximum Gasteiger partial charge on any atom is 0.0648 e. The van der Waals surface area contributed by atoms with Crippen molar-refractivity contribution in [3.8, 4) is 0 Å². The van der Waals surface area contributed by atoms with Gasteiger partial charge in [-0.1, -0.05) is 6.92 Å².